The molecule has 62 heavy (non-hydrogen) atoms. The standard InChI is InChI=1S/C54H56O8/c1-6-27-55-31-35-59-46-21-23-48-43(39-46)17-25-50(61-37-33-57-29-8-3)52(48)54(5,45-19-15-42(16-20-45)41-13-11-10-12-14-41)53-49-24-22-47(60-36-32-56-28-7-2)40-44(49)18-26-51(53)62-38-34-58-30-9-4/h1-4,15-26,39-41H,10-14,27-38H2,5H3. The Hall–Kier alpha value is -6.10. The second-order valence-corrected chi connectivity index (χ2v) is 15.1. The summed E-state index contributed by atoms with van der Waals surface area (Å²) < 4.78 is 48.0. The van der Waals surface area contributed by atoms with Gasteiger partial charge in [0.25, 0.3) is 0 Å². The van der Waals surface area contributed by atoms with Crippen LogP contribution in [0.1, 0.15) is 67.2 Å². The summed E-state index contributed by atoms with van der Waals surface area (Å²) in [7, 11) is 0. The molecule has 0 aromatic heterocycles. The molecule has 0 atom stereocenters. The zero-order valence-electron chi connectivity index (χ0n) is 35.8. The first-order chi connectivity index (χ1) is 30.5. The van der Waals surface area contributed by atoms with E-state index in [0.29, 0.717) is 68.6 Å². The van der Waals surface area contributed by atoms with Crippen molar-refractivity contribution in [3.63, 3.8) is 0 Å². The smallest absolute Gasteiger partial charge is 0.124 e. The third-order valence-electron chi connectivity index (χ3n) is 11.2. The van der Waals surface area contributed by atoms with E-state index < -0.39 is 5.41 Å². The van der Waals surface area contributed by atoms with Crippen LogP contribution in [0.3, 0.4) is 0 Å². The SMILES string of the molecule is C#CCOCCOc1ccc2c(C(C)(c3ccc(C4CCCCC4)cc3)c3c(OCCOCC#C)ccc4cc(OCCOCC#C)ccc34)c(OCCOCC#C)ccc2c1. The van der Waals surface area contributed by atoms with E-state index >= 15 is 0 Å². The molecule has 0 unspecified atom stereocenters. The maximum absolute atomic E-state index is 6.72. The quantitative estimate of drug-likeness (QED) is 0.0346. The summed E-state index contributed by atoms with van der Waals surface area (Å²) in [5.41, 5.74) is 3.44. The molecule has 1 fully saturated rings. The first-order valence-electron chi connectivity index (χ1n) is 21.3. The summed E-state index contributed by atoms with van der Waals surface area (Å²) in [5, 5.41) is 3.90. The molecule has 0 radical (unpaired) electrons. The molecule has 5 aromatic rings. The second kappa shape index (κ2) is 23.8. The third kappa shape index (κ3) is 11.6. The van der Waals surface area contributed by atoms with E-state index in [0.717, 1.165) is 38.2 Å². The lowest BCUT2D eigenvalue weighted by Gasteiger charge is -2.37. The largest absolute Gasteiger partial charge is 0.491 e. The number of fused-ring (bicyclic) bond motifs is 2. The molecule has 0 amide bonds. The Balaban J connectivity index is 1.56. The second-order valence-electron chi connectivity index (χ2n) is 15.1. The van der Waals surface area contributed by atoms with Crippen LogP contribution in [0.2, 0.25) is 0 Å². The molecule has 1 saturated carbocycles. The Bertz CT molecular complexity index is 2250. The van der Waals surface area contributed by atoms with Gasteiger partial charge < -0.3 is 37.9 Å². The fourth-order valence-electron chi connectivity index (χ4n) is 8.35. The van der Waals surface area contributed by atoms with Gasteiger partial charge in [0.2, 0.25) is 0 Å². The van der Waals surface area contributed by atoms with E-state index in [1.165, 1.54) is 37.7 Å². The van der Waals surface area contributed by atoms with Gasteiger partial charge in [-0.3, -0.25) is 0 Å². The minimum absolute atomic E-state index is 0.195. The van der Waals surface area contributed by atoms with Crippen molar-refractivity contribution in [2.75, 3.05) is 79.3 Å². The summed E-state index contributed by atoms with van der Waals surface area (Å²) in [5.74, 6) is 13.4. The summed E-state index contributed by atoms with van der Waals surface area (Å²) in [6.07, 6.45) is 27.9. The summed E-state index contributed by atoms with van der Waals surface area (Å²) in [6.45, 7) is 5.79. The summed E-state index contributed by atoms with van der Waals surface area (Å²) in [6, 6.07) is 29.6. The molecule has 0 aliphatic heterocycles. The molecule has 8 heteroatoms. The van der Waals surface area contributed by atoms with Crippen LogP contribution in [0, 0.1) is 49.4 Å². The van der Waals surface area contributed by atoms with Gasteiger partial charge in [-0.1, -0.05) is 91.5 Å². The predicted octanol–water partition coefficient (Wildman–Crippen LogP) is 9.51. The van der Waals surface area contributed by atoms with Crippen LogP contribution in [0.4, 0.5) is 0 Å². The lowest BCUT2D eigenvalue weighted by Crippen LogP contribution is -2.28. The van der Waals surface area contributed by atoms with Gasteiger partial charge in [0, 0.05) is 11.1 Å². The molecule has 1 aliphatic carbocycles. The topological polar surface area (TPSA) is 73.8 Å². The van der Waals surface area contributed by atoms with Crippen molar-refractivity contribution in [3.05, 3.63) is 107 Å². The molecule has 5 aromatic carbocycles. The molecule has 1 aliphatic rings. The highest BCUT2D eigenvalue weighted by Gasteiger charge is 2.40. The number of hydrogen-bond acceptors (Lipinski definition) is 8. The van der Waals surface area contributed by atoms with Gasteiger partial charge in [-0.25, -0.2) is 0 Å². The van der Waals surface area contributed by atoms with Crippen molar-refractivity contribution in [3.8, 4) is 72.4 Å². The summed E-state index contributed by atoms with van der Waals surface area (Å²) >= 11 is 0. The fourth-order valence-corrected chi connectivity index (χ4v) is 8.35. The number of rotatable bonds is 24. The first-order valence-corrected chi connectivity index (χ1v) is 21.3. The van der Waals surface area contributed by atoms with Crippen LogP contribution in [-0.4, -0.2) is 79.3 Å². The molecule has 0 N–H and O–H groups in total. The van der Waals surface area contributed by atoms with E-state index in [4.69, 9.17) is 63.6 Å². The van der Waals surface area contributed by atoms with Crippen molar-refractivity contribution in [2.45, 2.75) is 50.4 Å². The van der Waals surface area contributed by atoms with Gasteiger partial charge in [-0.2, -0.15) is 0 Å². The van der Waals surface area contributed by atoms with Gasteiger partial charge in [0.1, 0.15) is 75.9 Å². The fraction of sp³-hybridized carbons (Fsp3) is 0.370. The predicted molar refractivity (Wildman–Crippen MR) is 246 cm³/mol. The highest BCUT2D eigenvalue weighted by atomic mass is 16.5. The molecule has 6 rings (SSSR count). The number of hydrogen-bond donors (Lipinski definition) is 0. The Morgan fingerprint density at radius 3 is 1.32 bits per heavy atom. The Kier molecular flexibility index (Phi) is 17.4. The monoisotopic (exact) mass is 832 g/mol. The zero-order valence-corrected chi connectivity index (χ0v) is 35.8. The zero-order chi connectivity index (χ0) is 43.4. The normalized spacial score (nSPS) is 12.9. The number of ether oxygens (including phenoxy) is 8. The van der Waals surface area contributed by atoms with E-state index in [-0.39, 0.29) is 39.6 Å². The molecule has 0 spiro atoms. The third-order valence-corrected chi connectivity index (χ3v) is 11.2. The van der Waals surface area contributed by atoms with Crippen LogP contribution < -0.4 is 18.9 Å². The van der Waals surface area contributed by atoms with Crippen molar-refractivity contribution in [1.82, 2.24) is 0 Å². The van der Waals surface area contributed by atoms with Crippen LogP contribution >= 0.6 is 0 Å². The average molecular weight is 833 g/mol. The highest BCUT2D eigenvalue weighted by Crippen LogP contribution is 2.52. The molecular weight excluding hydrogens is 777 g/mol. The minimum Gasteiger partial charge on any atom is -0.491 e. The Morgan fingerprint density at radius 2 is 0.903 bits per heavy atom. The van der Waals surface area contributed by atoms with Crippen LogP contribution in [0.25, 0.3) is 21.5 Å². The molecule has 0 heterocycles. The highest BCUT2D eigenvalue weighted by molar-refractivity contribution is 5.96. The van der Waals surface area contributed by atoms with Crippen molar-refractivity contribution < 1.29 is 37.9 Å². The maximum Gasteiger partial charge on any atom is 0.124 e. The van der Waals surface area contributed by atoms with E-state index in [9.17, 15) is 0 Å². The van der Waals surface area contributed by atoms with E-state index in [1.807, 2.05) is 36.4 Å². The van der Waals surface area contributed by atoms with E-state index in [2.05, 4.69) is 79.1 Å². The minimum atomic E-state index is -0.884. The molecule has 320 valence electrons. The molecule has 8 nitrogen and oxygen atoms in total. The molecular formula is C54H56O8. The number of benzene rings is 5. The van der Waals surface area contributed by atoms with Gasteiger partial charge in [-0.15, -0.1) is 25.7 Å². The maximum atomic E-state index is 6.72. The van der Waals surface area contributed by atoms with Gasteiger partial charge in [-0.05, 0) is 94.8 Å². The molecule has 0 saturated heterocycles. The Labute approximate surface area is 367 Å². The van der Waals surface area contributed by atoms with Crippen LogP contribution in [0.15, 0.2) is 84.9 Å². The first kappa shape index (κ1) is 45.4. The number of terminal acetylenes is 4. The van der Waals surface area contributed by atoms with Gasteiger partial charge >= 0.3 is 0 Å². The molecule has 0 bridgehead atoms. The summed E-state index contributed by atoms with van der Waals surface area (Å²) in [4.78, 5) is 0. The van der Waals surface area contributed by atoms with Crippen LogP contribution in [0.5, 0.6) is 23.0 Å². The van der Waals surface area contributed by atoms with Gasteiger partial charge in [0.15, 0.2) is 0 Å². The van der Waals surface area contributed by atoms with Gasteiger partial charge in [0.05, 0.1) is 31.8 Å². The lowest BCUT2D eigenvalue weighted by atomic mass is 9.67. The van der Waals surface area contributed by atoms with Crippen LogP contribution in [-0.2, 0) is 24.4 Å². The Morgan fingerprint density at radius 1 is 0.484 bits per heavy atom. The van der Waals surface area contributed by atoms with Crippen molar-refractivity contribution in [2.24, 2.45) is 0 Å². The van der Waals surface area contributed by atoms with Crippen molar-refractivity contribution in [1.29, 1.82) is 0 Å². The van der Waals surface area contributed by atoms with Crippen molar-refractivity contribution >= 4 is 21.5 Å². The average Bonchev–Trinajstić information content (AvgIpc) is 3.31. The van der Waals surface area contributed by atoms with E-state index in [1.54, 1.807) is 0 Å². The lowest BCUT2D eigenvalue weighted by molar-refractivity contribution is 0.123.